The Morgan fingerprint density at radius 1 is 0.917 bits per heavy atom. The minimum Gasteiger partial charge on any atom is -0.187 e. The van der Waals surface area contributed by atoms with Crippen LogP contribution in [0.5, 0.6) is 0 Å². The van der Waals surface area contributed by atoms with Crippen LogP contribution in [0.2, 0.25) is 0 Å². The third kappa shape index (κ3) is 0.898. The number of hydrogen-bond donors (Lipinski definition) is 0. The van der Waals surface area contributed by atoms with Crippen molar-refractivity contribution in [3.63, 3.8) is 0 Å². The van der Waals surface area contributed by atoms with Crippen LogP contribution in [0.1, 0.15) is 0 Å². The van der Waals surface area contributed by atoms with Gasteiger partial charge in [0, 0.05) is 0 Å². The van der Waals surface area contributed by atoms with E-state index in [-0.39, 0.29) is 0 Å². The quantitative estimate of drug-likeness (QED) is 0.474. The molecule has 1 rings (SSSR count). The maximum Gasteiger partial charge on any atom is 0.454 e. The first-order valence-corrected chi connectivity index (χ1v) is 2.38. The second-order valence-corrected chi connectivity index (χ2v) is 1.87. The lowest BCUT2D eigenvalue weighted by atomic mass is 10.3. The SMILES string of the molecule is FOC1(F)OOC(F)(F)C1(F)F. The van der Waals surface area contributed by atoms with E-state index >= 15 is 0 Å². The summed E-state index contributed by atoms with van der Waals surface area (Å²) in [5.74, 6) is -5.55. The summed E-state index contributed by atoms with van der Waals surface area (Å²) in [4.78, 5) is 7.10. The molecule has 1 atom stereocenters. The number of alkyl halides is 5. The molecule has 0 saturated carbocycles. The molecule has 1 aliphatic rings. The van der Waals surface area contributed by atoms with Gasteiger partial charge < -0.3 is 0 Å². The van der Waals surface area contributed by atoms with Crippen LogP contribution >= 0.6 is 0 Å². The maximum atomic E-state index is 12.1. The van der Waals surface area contributed by atoms with Crippen LogP contribution in [0.4, 0.5) is 26.5 Å². The van der Waals surface area contributed by atoms with Gasteiger partial charge in [0.05, 0.1) is 0 Å². The summed E-state index contributed by atoms with van der Waals surface area (Å²) in [5.41, 5.74) is 0. The fourth-order valence-electron chi connectivity index (χ4n) is 0.446. The minimum absolute atomic E-state index is 1.91. The van der Waals surface area contributed by atoms with Gasteiger partial charge in [-0.05, 0) is 4.53 Å². The third-order valence-corrected chi connectivity index (χ3v) is 1.09. The summed E-state index contributed by atoms with van der Waals surface area (Å²) >= 11 is 0. The summed E-state index contributed by atoms with van der Waals surface area (Å²) in [6.07, 6.45) is -5.27. The van der Waals surface area contributed by atoms with Crippen molar-refractivity contribution >= 4 is 0 Å². The van der Waals surface area contributed by atoms with Crippen LogP contribution in [0.25, 0.3) is 0 Å². The molecule has 9 heteroatoms. The van der Waals surface area contributed by atoms with E-state index in [1.807, 2.05) is 4.94 Å². The van der Waals surface area contributed by atoms with Crippen molar-refractivity contribution in [1.82, 2.24) is 0 Å². The van der Waals surface area contributed by atoms with E-state index in [9.17, 15) is 26.5 Å². The Kier molecular flexibility index (Phi) is 1.78. The Balaban J connectivity index is 3.00. The molecule has 0 spiro atoms. The molecule has 1 saturated heterocycles. The van der Waals surface area contributed by atoms with Gasteiger partial charge in [0.25, 0.3) is 0 Å². The highest BCUT2D eigenvalue weighted by Gasteiger charge is 2.82. The van der Waals surface area contributed by atoms with Gasteiger partial charge in [-0.15, -0.1) is 4.94 Å². The van der Waals surface area contributed by atoms with E-state index in [4.69, 9.17) is 0 Å². The maximum absolute atomic E-state index is 12.1. The van der Waals surface area contributed by atoms with Crippen molar-refractivity contribution in [3.8, 4) is 0 Å². The van der Waals surface area contributed by atoms with Crippen molar-refractivity contribution in [1.29, 1.82) is 0 Å². The smallest absolute Gasteiger partial charge is 0.187 e. The Morgan fingerprint density at radius 3 is 1.58 bits per heavy atom. The molecule has 1 heterocycles. The van der Waals surface area contributed by atoms with Gasteiger partial charge in [0.15, 0.2) is 0 Å². The molecule has 1 aliphatic heterocycles. The molecule has 0 bridgehead atoms. The van der Waals surface area contributed by atoms with Crippen LogP contribution in [0.3, 0.4) is 0 Å². The van der Waals surface area contributed by atoms with Crippen LogP contribution < -0.4 is 0 Å². The lowest BCUT2D eigenvalue weighted by Gasteiger charge is -2.18. The lowest BCUT2D eigenvalue weighted by Crippen LogP contribution is -2.50. The van der Waals surface area contributed by atoms with E-state index in [2.05, 4.69) is 9.78 Å². The molecule has 0 aromatic rings. The van der Waals surface area contributed by atoms with E-state index in [0.717, 1.165) is 0 Å². The Labute approximate surface area is 60.6 Å². The number of halogens is 6. The van der Waals surface area contributed by atoms with Crippen LogP contribution in [-0.4, -0.2) is 18.1 Å². The van der Waals surface area contributed by atoms with E-state index in [1.165, 1.54) is 0 Å². The summed E-state index contributed by atoms with van der Waals surface area (Å²) in [5, 5.41) is 0. The number of hydrogen-bond acceptors (Lipinski definition) is 3. The second-order valence-electron chi connectivity index (χ2n) is 1.87. The average Bonchev–Trinajstić information content (AvgIpc) is 2.12. The van der Waals surface area contributed by atoms with E-state index < -0.39 is 18.1 Å². The zero-order chi connectivity index (χ0) is 9.62. The van der Waals surface area contributed by atoms with E-state index in [0.29, 0.717) is 0 Å². The highest BCUT2D eigenvalue weighted by Crippen LogP contribution is 2.52. The predicted octanol–water partition coefficient (Wildman–Crippen LogP) is 1.70. The van der Waals surface area contributed by atoms with Crippen molar-refractivity contribution in [2.24, 2.45) is 0 Å². The molecule has 0 aromatic heterocycles. The minimum atomic E-state index is -5.55. The second kappa shape index (κ2) is 2.24. The zero-order valence-corrected chi connectivity index (χ0v) is 4.99. The molecule has 12 heavy (non-hydrogen) atoms. The molecule has 0 N–H and O–H groups in total. The van der Waals surface area contributed by atoms with Gasteiger partial charge >= 0.3 is 18.1 Å². The summed E-state index contributed by atoms with van der Waals surface area (Å²) < 4.78 is 70.9. The van der Waals surface area contributed by atoms with Gasteiger partial charge in [-0.1, -0.05) is 0 Å². The highest BCUT2D eigenvalue weighted by molar-refractivity contribution is 4.88. The summed E-state index contributed by atoms with van der Waals surface area (Å²) in [6.45, 7) is 0. The molecule has 72 valence electrons. The first kappa shape index (κ1) is 9.55. The van der Waals surface area contributed by atoms with Gasteiger partial charge in [-0.2, -0.15) is 31.7 Å². The number of rotatable bonds is 1. The summed E-state index contributed by atoms with van der Waals surface area (Å²) in [6, 6.07) is -4.91. The Bertz CT molecular complexity index is 194. The van der Waals surface area contributed by atoms with Crippen LogP contribution in [0, 0.1) is 0 Å². The lowest BCUT2D eigenvalue weighted by molar-refractivity contribution is -0.505. The van der Waals surface area contributed by atoms with Crippen LogP contribution in [-0.2, 0) is 14.7 Å². The third-order valence-electron chi connectivity index (χ3n) is 1.09. The molecule has 0 amide bonds. The molecule has 0 aliphatic carbocycles. The Morgan fingerprint density at radius 2 is 1.42 bits per heavy atom. The van der Waals surface area contributed by atoms with Crippen molar-refractivity contribution < 1.29 is 41.2 Å². The standard InChI is InChI=1S/C3F6O3/c4-1(5)2(6,7)11-12-3(1,8)10-9. The predicted molar refractivity (Wildman–Crippen MR) is 18.1 cm³/mol. The molecule has 0 radical (unpaired) electrons. The van der Waals surface area contributed by atoms with Gasteiger partial charge in [0.2, 0.25) is 0 Å². The fourth-order valence-corrected chi connectivity index (χ4v) is 0.446. The fraction of sp³-hybridized carbons (Fsp3) is 1.00. The topological polar surface area (TPSA) is 27.7 Å². The molecular weight excluding hydrogens is 198 g/mol. The van der Waals surface area contributed by atoms with Crippen molar-refractivity contribution in [2.75, 3.05) is 0 Å². The molecular formula is C3F6O3. The van der Waals surface area contributed by atoms with Gasteiger partial charge in [-0.3, -0.25) is 0 Å². The summed E-state index contributed by atoms with van der Waals surface area (Å²) in [7, 11) is 0. The molecule has 3 nitrogen and oxygen atoms in total. The van der Waals surface area contributed by atoms with Crippen molar-refractivity contribution in [3.05, 3.63) is 0 Å². The first-order chi connectivity index (χ1) is 5.27. The normalized spacial score (nSPS) is 38.5. The monoisotopic (exact) mass is 198 g/mol. The molecule has 1 unspecified atom stereocenters. The molecule has 0 aromatic carbocycles. The average molecular weight is 198 g/mol. The highest BCUT2D eigenvalue weighted by atomic mass is 19.3. The van der Waals surface area contributed by atoms with Gasteiger partial charge in [0.1, 0.15) is 0 Å². The first-order valence-electron chi connectivity index (χ1n) is 2.38. The van der Waals surface area contributed by atoms with Crippen LogP contribution in [0.15, 0.2) is 0 Å². The zero-order valence-electron chi connectivity index (χ0n) is 4.99. The molecule has 1 fully saturated rings. The van der Waals surface area contributed by atoms with Gasteiger partial charge in [-0.25, -0.2) is 0 Å². The van der Waals surface area contributed by atoms with E-state index in [1.54, 1.807) is 0 Å². The van der Waals surface area contributed by atoms with Crippen molar-refractivity contribution in [2.45, 2.75) is 18.1 Å². The Hall–Kier alpha value is -0.540. The largest absolute Gasteiger partial charge is 0.454 e.